The lowest BCUT2D eigenvalue weighted by Crippen LogP contribution is -2.35. The number of nitrogens with one attached hydrogen (secondary N) is 2. The van der Waals surface area contributed by atoms with E-state index in [1.807, 2.05) is 27.7 Å². The minimum Gasteiger partial charge on any atom is -0.369 e. The van der Waals surface area contributed by atoms with Crippen LogP contribution in [-0.4, -0.2) is 55.9 Å². The van der Waals surface area contributed by atoms with Gasteiger partial charge >= 0.3 is 0 Å². The van der Waals surface area contributed by atoms with Gasteiger partial charge in [0.1, 0.15) is 12.5 Å². The maximum atomic E-state index is 11.7. The average molecular weight is 433 g/mol. The standard InChI is InChI=1S/C20H36N2O4S2/c1-15(2)8-7-9-21-19(23)13-25-10-11-26-14-27-28-18(16(3)4)12-22-20(24)17(5)6/h15-18H,9-14H2,1-6H3,(H,21,23)(H,22,24). The van der Waals surface area contributed by atoms with Gasteiger partial charge in [0.25, 0.3) is 0 Å². The third-order valence-electron chi connectivity index (χ3n) is 3.44. The molecular weight excluding hydrogens is 396 g/mol. The molecule has 28 heavy (non-hydrogen) atoms. The molecule has 162 valence electrons. The molecule has 0 heterocycles. The van der Waals surface area contributed by atoms with E-state index in [2.05, 4.69) is 36.3 Å². The van der Waals surface area contributed by atoms with E-state index in [9.17, 15) is 9.59 Å². The van der Waals surface area contributed by atoms with Gasteiger partial charge in [0.05, 0.1) is 19.8 Å². The Labute approximate surface area is 178 Å². The van der Waals surface area contributed by atoms with Crippen molar-refractivity contribution in [2.45, 2.75) is 46.8 Å². The predicted octanol–water partition coefficient (Wildman–Crippen LogP) is 2.93. The zero-order valence-corrected chi connectivity index (χ0v) is 19.6. The smallest absolute Gasteiger partial charge is 0.246 e. The summed E-state index contributed by atoms with van der Waals surface area (Å²) in [6.45, 7) is 13.9. The van der Waals surface area contributed by atoms with E-state index in [4.69, 9.17) is 9.47 Å². The lowest BCUT2D eigenvalue weighted by Gasteiger charge is -2.20. The minimum absolute atomic E-state index is 0.00356. The van der Waals surface area contributed by atoms with E-state index in [1.54, 1.807) is 21.6 Å². The van der Waals surface area contributed by atoms with E-state index < -0.39 is 0 Å². The van der Waals surface area contributed by atoms with Crippen molar-refractivity contribution in [3.05, 3.63) is 0 Å². The highest BCUT2D eigenvalue weighted by Crippen LogP contribution is 2.30. The number of hydrogen-bond donors (Lipinski definition) is 2. The number of hydrogen-bond acceptors (Lipinski definition) is 6. The van der Waals surface area contributed by atoms with Crippen LogP contribution >= 0.6 is 21.6 Å². The maximum absolute atomic E-state index is 11.7. The quantitative estimate of drug-likeness (QED) is 0.190. The minimum atomic E-state index is -0.175. The molecule has 2 N–H and O–H groups in total. The normalized spacial score (nSPS) is 12.0. The number of amides is 2. The van der Waals surface area contributed by atoms with Crippen LogP contribution in [0.25, 0.3) is 0 Å². The first kappa shape index (κ1) is 27.1. The largest absolute Gasteiger partial charge is 0.369 e. The lowest BCUT2D eigenvalue weighted by molar-refractivity contribution is -0.126. The molecule has 8 heteroatoms. The van der Waals surface area contributed by atoms with Crippen LogP contribution in [0.15, 0.2) is 0 Å². The lowest BCUT2D eigenvalue weighted by atomic mass is 10.1. The predicted molar refractivity (Wildman–Crippen MR) is 119 cm³/mol. The highest BCUT2D eigenvalue weighted by Gasteiger charge is 2.16. The van der Waals surface area contributed by atoms with Crippen molar-refractivity contribution in [2.75, 3.05) is 38.8 Å². The third-order valence-corrected chi connectivity index (χ3v) is 6.23. The molecule has 2 amide bonds. The number of carbonyl (C=O) groups is 2. The van der Waals surface area contributed by atoms with Gasteiger partial charge in [0.15, 0.2) is 0 Å². The van der Waals surface area contributed by atoms with Crippen molar-refractivity contribution in [3.63, 3.8) is 0 Å². The van der Waals surface area contributed by atoms with Crippen LogP contribution in [0.3, 0.4) is 0 Å². The highest BCUT2D eigenvalue weighted by atomic mass is 33.1. The second kappa shape index (κ2) is 17.0. The topological polar surface area (TPSA) is 76.7 Å². The molecule has 0 aromatic carbocycles. The SMILES string of the molecule is CC(C)C#CCNC(=O)COCCOCSSC(CNC(=O)C(C)C)C(C)C. The highest BCUT2D eigenvalue weighted by molar-refractivity contribution is 8.76. The van der Waals surface area contributed by atoms with Crippen molar-refractivity contribution >= 4 is 33.4 Å². The van der Waals surface area contributed by atoms with E-state index in [0.29, 0.717) is 49.3 Å². The summed E-state index contributed by atoms with van der Waals surface area (Å²) in [6, 6.07) is 0. The summed E-state index contributed by atoms with van der Waals surface area (Å²) in [5.74, 6) is 7.07. The Kier molecular flexibility index (Phi) is 16.5. The Bertz CT molecular complexity index is 502. The molecule has 6 nitrogen and oxygen atoms in total. The van der Waals surface area contributed by atoms with Crippen molar-refractivity contribution in [1.29, 1.82) is 0 Å². The van der Waals surface area contributed by atoms with Gasteiger partial charge in [-0.15, -0.1) is 0 Å². The fourth-order valence-corrected chi connectivity index (χ4v) is 4.28. The zero-order valence-electron chi connectivity index (χ0n) is 18.0. The van der Waals surface area contributed by atoms with Gasteiger partial charge in [0.2, 0.25) is 11.8 Å². The van der Waals surface area contributed by atoms with Crippen molar-refractivity contribution in [2.24, 2.45) is 17.8 Å². The first-order chi connectivity index (χ1) is 13.2. The number of carbonyl (C=O) groups excluding carboxylic acids is 2. The second-order valence-corrected chi connectivity index (χ2v) is 9.78. The van der Waals surface area contributed by atoms with Crippen LogP contribution in [-0.2, 0) is 19.1 Å². The fraction of sp³-hybridized carbons (Fsp3) is 0.800. The second-order valence-electron chi connectivity index (χ2n) is 7.23. The van der Waals surface area contributed by atoms with Crippen LogP contribution in [0.1, 0.15) is 41.5 Å². The fourth-order valence-electron chi connectivity index (χ4n) is 1.73. The molecule has 0 radical (unpaired) electrons. The summed E-state index contributed by atoms with van der Waals surface area (Å²) < 4.78 is 10.8. The van der Waals surface area contributed by atoms with Crippen LogP contribution in [0.5, 0.6) is 0 Å². The van der Waals surface area contributed by atoms with Gasteiger partial charge in [-0.3, -0.25) is 9.59 Å². The molecule has 0 aliphatic rings. The first-order valence-electron chi connectivity index (χ1n) is 9.70. The zero-order chi connectivity index (χ0) is 21.4. The summed E-state index contributed by atoms with van der Waals surface area (Å²) in [5, 5.41) is 6.00. The molecule has 1 unspecified atom stereocenters. The molecule has 0 rings (SSSR count). The van der Waals surface area contributed by atoms with Gasteiger partial charge in [0, 0.05) is 23.6 Å². The molecule has 0 aromatic rings. The average Bonchev–Trinajstić information content (AvgIpc) is 2.62. The summed E-state index contributed by atoms with van der Waals surface area (Å²) in [5.41, 5.74) is 0. The monoisotopic (exact) mass is 432 g/mol. The maximum Gasteiger partial charge on any atom is 0.246 e. The molecular formula is C20H36N2O4S2. The van der Waals surface area contributed by atoms with Crippen LogP contribution < -0.4 is 10.6 Å². The molecule has 1 atom stereocenters. The number of ether oxygens (including phenoxy) is 2. The van der Waals surface area contributed by atoms with Crippen molar-refractivity contribution < 1.29 is 19.1 Å². The molecule has 0 fully saturated rings. The van der Waals surface area contributed by atoms with Crippen molar-refractivity contribution in [1.82, 2.24) is 10.6 Å². The van der Waals surface area contributed by atoms with Crippen LogP contribution in [0.2, 0.25) is 0 Å². The summed E-state index contributed by atoms with van der Waals surface area (Å²) in [4.78, 5) is 23.2. The van der Waals surface area contributed by atoms with Crippen LogP contribution in [0, 0.1) is 29.6 Å². The van der Waals surface area contributed by atoms with Gasteiger partial charge in [-0.05, 0) is 5.92 Å². The Morgan fingerprint density at radius 1 is 1.00 bits per heavy atom. The van der Waals surface area contributed by atoms with Crippen LogP contribution in [0.4, 0.5) is 0 Å². The molecule has 0 aromatic heterocycles. The van der Waals surface area contributed by atoms with Gasteiger partial charge in [-0.25, -0.2) is 0 Å². The van der Waals surface area contributed by atoms with Crippen molar-refractivity contribution in [3.8, 4) is 11.8 Å². The molecule has 0 aliphatic heterocycles. The molecule has 0 aliphatic carbocycles. The summed E-state index contributed by atoms with van der Waals surface area (Å²) in [7, 11) is 3.35. The third kappa shape index (κ3) is 16.1. The molecule has 0 saturated heterocycles. The van der Waals surface area contributed by atoms with Gasteiger partial charge in [-0.1, -0.05) is 75.0 Å². The molecule has 0 bridgehead atoms. The number of rotatable bonds is 14. The van der Waals surface area contributed by atoms with E-state index >= 15 is 0 Å². The van der Waals surface area contributed by atoms with Gasteiger partial charge < -0.3 is 20.1 Å². The van der Waals surface area contributed by atoms with E-state index in [1.165, 1.54) is 0 Å². The molecule has 0 saturated carbocycles. The van der Waals surface area contributed by atoms with E-state index in [-0.39, 0.29) is 24.3 Å². The first-order valence-corrected chi connectivity index (χ1v) is 12.1. The Hall–Kier alpha value is -0.880. The summed E-state index contributed by atoms with van der Waals surface area (Å²) in [6.07, 6.45) is 0. The summed E-state index contributed by atoms with van der Waals surface area (Å²) >= 11 is 0. The Morgan fingerprint density at radius 2 is 1.68 bits per heavy atom. The van der Waals surface area contributed by atoms with Gasteiger partial charge in [-0.2, -0.15) is 0 Å². The molecule has 0 spiro atoms. The Balaban J connectivity index is 3.69. The van der Waals surface area contributed by atoms with E-state index in [0.717, 1.165) is 0 Å². The Morgan fingerprint density at radius 3 is 2.29 bits per heavy atom.